The minimum Gasteiger partial charge on any atom is -0.396 e. The van der Waals surface area contributed by atoms with Gasteiger partial charge in [0, 0.05) is 26.3 Å². The Morgan fingerprint density at radius 3 is 2.38 bits per heavy atom. The van der Waals surface area contributed by atoms with Crippen molar-refractivity contribution in [2.45, 2.75) is 32.7 Å². The highest BCUT2D eigenvalue weighted by Gasteiger charge is 2.07. The molecule has 0 aliphatic carbocycles. The molecule has 13 heavy (non-hydrogen) atoms. The Morgan fingerprint density at radius 1 is 1.23 bits per heavy atom. The first kappa shape index (κ1) is 12.9. The molecule has 80 valence electrons. The van der Waals surface area contributed by atoms with Gasteiger partial charge >= 0.3 is 0 Å². The SMILES string of the molecule is COCCN(CCCCO)C(C)C. The summed E-state index contributed by atoms with van der Waals surface area (Å²) in [6.07, 6.45) is 1.97. The smallest absolute Gasteiger partial charge is 0.0589 e. The molecule has 0 bridgehead atoms. The van der Waals surface area contributed by atoms with Gasteiger partial charge in [0.05, 0.1) is 6.61 Å². The number of rotatable bonds is 8. The standard InChI is InChI=1S/C10H23NO2/c1-10(2)11(7-9-13-3)6-4-5-8-12/h10,12H,4-9H2,1-3H3. The molecular formula is C10H23NO2. The van der Waals surface area contributed by atoms with Gasteiger partial charge in [0.2, 0.25) is 0 Å². The normalized spacial score (nSPS) is 11.5. The van der Waals surface area contributed by atoms with Crippen molar-refractivity contribution in [3.8, 4) is 0 Å². The van der Waals surface area contributed by atoms with Crippen LogP contribution in [0.1, 0.15) is 26.7 Å². The lowest BCUT2D eigenvalue weighted by Gasteiger charge is -2.25. The maximum absolute atomic E-state index is 8.65. The van der Waals surface area contributed by atoms with Crippen LogP contribution in [0.4, 0.5) is 0 Å². The van der Waals surface area contributed by atoms with Crippen molar-refractivity contribution in [1.82, 2.24) is 4.90 Å². The molecule has 0 radical (unpaired) electrons. The number of unbranched alkanes of at least 4 members (excludes halogenated alkanes) is 1. The first-order chi connectivity index (χ1) is 6.22. The number of nitrogens with zero attached hydrogens (tertiary/aromatic N) is 1. The average molecular weight is 189 g/mol. The minimum atomic E-state index is 0.302. The Hall–Kier alpha value is -0.120. The molecule has 0 aromatic rings. The highest BCUT2D eigenvalue weighted by Crippen LogP contribution is 2.00. The van der Waals surface area contributed by atoms with E-state index < -0.39 is 0 Å². The summed E-state index contributed by atoms with van der Waals surface area (Å²) >= 11 is 0. The molecule has 0 saturated heterocycles. The van der Waals surface area contributed by atoms with Gasteiger partial charge in [-0.3, -0.25) is 4.90 Å². The monoisotopic (exact) mass is 189 g/mol. The lowest BCUT2D eigenvalue weighted by Crippen LogP contribution is -2.34. The van der Waals surface area contributed by atoms with E-state index in [1.165, 1.54) is 0 Å². The number of ether oxygens (including phenoxy) is 1. The van der Waals surface area contributed by atoms with Gasteiger partial charge in [-0.15, -0.1) is 0 Å². The van der Waals surface area contributed by atoms with E-state index >= 15 is 0 Å². The van der Waals surface area contributed by atoms with Crippen LogP contribution >= 0.6 is 0 Å². The largest absolute Gasteiger partial charge is 0.396 e. The van der Waals surface area contributed by atoms with Crippen LogP contribution in [0.5, 0.6) is 0 Å². The molecule has 3 heteroatoms. The van der Waals surface area contributed by atoms with E-state index in [2.05, 4.69) is 18.7 Å². The number of hydrogen-bond donors (Lipinski definition) is 1. The van der Waals surface area contributed by atoms with Gasteiger partial charge in [0.15, 0.2) is 0 Å². The van der Waals surface area contributed by atoms with Crippen molar-refractivity contribution in [1.29, 1.82) is 0 Å². The van der Waals surface area contributed by atoms with Crippen molar-refractivity contribution in [3.63, 3.8) is 0 Å². The van der Waals surface area contributed by atoms with Crippen molar-refractivity contribution < 1.29 is 9.84 Å². The lowest BCUT2D eigenvalue weighted by atomic mass is 10.2. The van der Waals surface area contributed by atoms with E-state index in [-0.39, 0.29) is 0 Å². The van der Waals surface area contributed by atoms with E-state index in [4.69, 9.17) is 9.84 Å². The molecule has 0 unspecified atom stereocenters. The van der Waals surface area contributed by atoms with E-state index in [1.807, 2.05) is 0 Å². The zero-order valence-corrected chi connectivity index (χ0v) is 9.12. The molecule has 0 amide bonds. The summed E-state index contributed by atoms with van der Waals surface area (Å²) in [5.74, 6) is 0. The summed E-state index contributed by atoms with van der Waals surface area (Å²) in [4.78, 5) is 2.37. The van der Waals surface area contributed by atoms with Crippen LogP contribution in [0.3, 0.4) is 0 Å². The van der Waals surface area contributed by atoms with Gasteiger partial charge in [-0.05, 0) is 33.2 Å². The highest BCUT2D eigenvalue weighted by molar-refractivity contribution is 4.62. The Balaban J connectivity index is 3.54. The Kier molecular flexibility index (Phi) is 8.40. The summed E-state index contributed by atoms with van der Waals surface area (Å²) in [5.41, 5.74) is 0. The van der Waals surface area contributed by atoms with Gasteiger partial charge in [-0.1, -0.05) is 0 Å². The van der Waals surface area contributed by atoms with E-state index in [0.717, 1.165) is 32.5 Å². The van der Waals surface area contributed by atoms with E-state index in [0.29, 0.717) is 12.6 Å². The fraction of sp³-hybridized carbons (Fsp3) is 1.00. The molecule has 0 rings (SSSR count). The third kappa shape index (κ3) is 6.99. The lowest BCUT2D eigenvalue weighted by molar-refractivity contribution is 0.126. The van der Waals surface area contributed by atoms with Crippen molar-refractivity contribution in [3.05, 3.63) is 0 Å². The quantitative estimate of drug-likeness (QED) is 0.581. The third-order valence-corrected chi connectivity index (χ3v) is 2.17. The van der Waals surface area contributed by atoms with Crippen LogP contribution in [0.15, 0.2) is 0 Å². The van der Waals surface area contributed by atoms with Gasteiger partial charge in [0.25, 0.3) is 0 Å². The molecule has 0 saturated carbocycles. The molecule has 0 aromatic heterocycles. The molecule has 0 aromatic carbocycles. The number of aliphatic hydroxyl groups excluding tert-OH is 1. The van der Waals surface area contributed by atoms with Gasteiger partial charge in [0.1, 0.15) is 0 Å². The van der Waals surface area contributed by atoms with Gasteiger partial charge in [-0.25, -0.2) is 0 Å². The van der Waals surface area contributed by atoms with Crippen molar-refractivity contribution >= 4 is 0 Å². The molecular weight excluding hydrogens is 166 g/mol. The molecule has 0 aliphatic rings. The fourth-order valence-corrected chi connectivity index (χ4v) is 1.26. The molecule has 0 atom stereocenters. The molecule has 0 heterocycles. The van der Waals surface area contributed by atoms with Gasteiger partial charge < -0.3 is 9.84 Å². The Labute approximate surface area is 81.7 Å². The number of hydrogen-bond acceptors (Lipinski definition) is 3. The van der Waals surface area contributed by atoms with Crippen LogP contribution in [0.2, 0.25) is 0 Å². The molecule has 0 fully saturated rings. The highest BCUT2D eigenvalue weighted by atomic mass is 16.5. The third-order valence-electron chi connectivity index (χ3n) is 2.17. The number of aliphatic hydroxyl groups is 1. The van der Waals surface area contributed by atoms with Crippen LogP contribution < -0.4 is 0 Å². The second kappa shape index (κ2) is 8.48. The summed E-state index contributed by atoms with van der Waals surface area (Å²) < 4.78 is 5.04. The summed E-state index contributed by atoms with van der Waals surface area (Å²) in [6.45, 7) is 7.51. The minimum absolute atomic E-state index is 0.302. The zero-order valence-electron chi connectivity index (χ0n) is 9.12. The van der Waals surface area contributed by atoms with Crippen LogP contribution in [0, 0.1) is 0 Å². The first-order valence-corrected chi connectivity index (χ1v) is 5.06. The van der Waals surface area contributed by atoms with Crippen molar-refractivity contribution in [2.24, 2.45) is 0 Å². The topological polar surface area (TPSA) is 32.7 Å². The molecule has 1 N–H and O–H groups in total. The van der Waals surface area contributed by atoms with Crippen LogP contribution in [0.25, 0.3) is 0 Å². The maximum atomic E-state index is 8.65. The molecule has 3 nitrogen and oxygen atoms in total. The fourth-order valence-electron chi connectivity index (χ4n) is 1.26. The molecule has 0 spiro atoms. The number of methoxy groups -OCH3 is 1. The summed E-state index contributed by atoms with van der Waals surface area (Å²) in [5, 5.41) is 8.65. The van der Waals surface area contributed by atoms with E-state index in [1.54, 1.807) is 7.11 Å². The van der Waals surface area contributed by atoms with E-state index in [9.17, 15) is 0 Å². The zero-order chi connectivity index (χ0) is 10.1. The summed E-state index contributed by atoms with van der Waals surface area (Å²) in [7, 11) is 1.73. The maximum Gasteiger partial charge on any atom is 0.0589 e. The second-order valence-electron chi connectivity index (χ2n) is 3.55. The Morgan fingerprint density at radius 2 is 1.92 bits per heavy atom. The predicted octanol–water partition coefficient (Wildman–Crippen LogP) is 1.12. The van der Waals surface area contributed by atoms with Crippen molar-refractivity contribution in [2.75, 3.05) is 33.4 Å². The second-order valence-corrected chi connectivity index (χ2v) is 3.55. The first-order valence-electron chi connectivity index (χ1n) is 5.06. The van der Waals surface area contributed by atoms with Crippen LogP contribution in [-0.4, -0.2) is 49.5 Å². The predicted molar refractivity (Wildman–Crippen MR) is 54.9 cm³/mol. The average Bonchev–Trinajstić information content (AvgIpc) is 2.10. The van der Waals surface area contributed by atoms with Gasteiger partial charge in [-0.2, -0.15) is 0 Å². The van der Waals surface area contributed by atoms with Crippen LogP contribution in [-0.2, 0) is 4.74 Å². The summed E-state index contributed by atoms with van der Waals surface area (Å²) in [6, 6.07) is 0.564. The Bertz CT molecular complexity index is 107. The molecule has 0 aliphatic heterocycles.